The van der Waals surface area contributed by atoms with E-state index >= 15 is 0 Å². The minimum absolute atomic E-state index is 0.151. The molecule has 1 N–H and O–H groups in total. The molecule has 0 aromatic heterocycles. The van der Waals surface area contributed by atoms with Crippen molar-refractivity contribution in [1.29, 1.82) is 0 Å². The largest absolute Gasteiger partial charge is 0.508 e. The van der Waals surface area contributed by atoms with E-state index in [1.165, 1.54) is 0 Å². The molecule has 1 aromatic carbocycles. The van der Waals surface area contributed by atoms with Gasteiger partial charge in [-0.05, 0) is 46.0 Å². The monoisotopic (exact) mass is 315 g/mol. The van der Waals surface area contributed by atoms with Gasteiger partial charge in [0.25, 0.3) is 0 Å². The van der Waals surface area contributed by atoms with Gasteiger partial charge in [0.2, 0.25) is 0 Å². The van der Waals surface area contributed by atoms with Crippen LogP contribution in [0.4, 0.5) is 0 Å². The van der Waals surface area contributed by atoms with Crippen LogP contribution in [0, 0.1) is 0 Å². The van der Waals surface area contributed by atoms with E-state index in [-0.39, 0.29) is 12.1 Å². The predicted molar refractivity (Wildman–Crippen MR) is 77.9 cm³/mol. The number of halogens is 1. The van der Waals surface area contributed by atoms with Crippen molar-refractivity contribution in [1.82, 2.24) is 4.90 Å². The van der Waals surface area contributed by atoms with Crippen molar-refractivity contribution in [2.24, 2.45) is 0 Å². The van der Waals surface area contributed by atoms with E-state index in [1.807, 2.05) is 33.0 Å². The summed E-state index contributed by atoms with van der Waals surface area (Å²) < 4.78 is 6.52. The van der Waals surface area contributed by atoms with Gasteiger partial charge in [-0.15, -0.1) is 0 Å². The summed E-state index contributed by atoms with van der Waals surface area (Å²) in [7, 11) is 2.04. The third kappa shape index (κ3) is 4.59. The number of phenols is 1. The Labute approximate surface area is 118 Å². The minimum atomic E-state index is 0.151. The normalized spacial score (nSPS) is 13.3. The van der Waals surface area contributed by atoms with Crippen LogP contribution in [0.3, 0.4) is 0 Å². The van der Waals surface area contributed by atoms with E-state index in [0.29, 0.717) is 12.4 Å². The number of likely N-dealkylation sites (N-methyl/N-ethyl adjacent to an activating group) is 1. The molecule has 0 saturated heterocycles. The van der Waals surface area contributed by atoms with Crippen LogP contribution in [0.2, 0.25) is 0 Å². The van der Waals surface area contributed by atoms with Crippen LogP contribution in [-0.2, 0) is 4.74 Å². The SMILES string of the molecule is CC(C)OCCN(C)C(C)c1cc(Br)ccc1O. The summed E-state index contributed by atoms with van der Waals surface area (Å²) in [5.41, 5.74) is 0.927. The van der Waals surface area contributed by atoms with Crippen LogP contribution in [0.25, 0.3) is 0 Å². The molecule has 1 unspecified atom stereocenters. The third-order valence-corrected chi connectivity index (χ3v) is 3.49. The van der Waals surface area contributed by atoms with Crippen molar-refractivity contribution in [3.8, 4) is 5.75 Å². The second-order valence-corrected chi connectivity index (χ2v) is 5.69. The first kappa shape index (κ1) is 15.5. The lowest BCUT2D eigenvalue weighted by atomic mass is 10.1. The standard InChI is InChI=1S/C14H22BrNO2/c1-10(2)18-8-7-16(4)11(3)13-9-12(15)5-6-14(13)17/h5-6,9-11,17H,7-8H2,1-4H3. The summed E-state index contributed by atoms with van der Waals surface area (Å²) in [6.45, 7) is 7.68. The van der Waals surface area contributed by atoms with Gasteiger partial charge >= 0.3 is 0 Å². The fourth-order valence-corrected chi connectivity index (χ4v) is 2.10. The zero-order valence-corrected chi connectivity index (χ0v) is 13.1. The average molecular weight is 316 g/mol. The Morgan fingerprint density at radius 3 is 2.61 bits per heavy atom. The second kappa shape index (κ2) is 7.12. The molecule has 0 saturated carbocycles. The molecule has 0 heterocycles. The van der Waals surface area contributed by atoms with Gasteiger partial charge in [-0.25, -0.2) is 0 Å². The molecule has 18 heavy (non-hydrogen) atoms. The van der Waals surface area contributed by atoms with Crippen LogP contribution in [0.1, 0.15) is 32.4 Å². The van der Waals surface area contributed by atoms with Gasteiger partial charge in [-0.3, -0.25) is 4.90 Å². The zero-order chi connectivity index (χ0) is 13.7. The zero-order valence-electron chi connectivity index (χ0n) is 11.5. The Balaban J connectivity index is 2.62. The molecule has 0 aliphatic rings. The number of phenolic OH excluding ortho intramolecular Hbond substituents is 1. The molecule has 1 aromatic rings. The summed E-state index contributed by atoms with van der Waals surface area (Å²) in [5, 5.41) is 9.89. The van der Waals surface area contributed by atoms with E-state index in [9.17, 15) is 5.11 Å². The van der Waals surface area contributed by atoms with E-state index in [2.05, 4.69) is 27.8 Å². The third-order valence-electron chi connectivity index (χ3n) is 3.00. The Bertz CT molecular complexity index is 382. The lowest BCUT2D eigenvalue weighted by Gasteiger charge is -2.26. The fourth-order valence-electron chi connectivity index (χ4n) is 1.72. The molecule has 0 spiro atoms. The van der Waals surface area contributed by atoms with Gasteiger partial charge in [0.15, 0.2) is 0 Å². The quantitative estimate of drug-likeness (QED) is 0.871. The molecule has 4 heteroatoms. The van der Waals surface area contributed by atoms with Gasteiger partial charge < -0.3 is 9.84 Å². The minimum Gasteiger partial charge on any atom is -0.508 e. The Morgan fingerprint density at radius 1 is 1.33 bits per heavy atom. The molecule has 3 nitrogen and oxygen atoms in total. The van der Waals surface area contributed by atoms with Crippen LogP contribution in [-0.4, -0.2) is 36.3 Å². The summed E-state index contributed by atoms with van der Waals surface area (Å²) in [6.07, 6.45) is 0.257. The van der Waals surface area contributed by atoms with E-state index in [0.717, 1.165) is 16.6 Å². The molecule has 0 aliphatic heterocycles. The van der Waals surface area contributed by atoms with E-state index < -0.39 is 0 Å². The first-order valence-electron chi connectivity index (χ1n) is 6.22. The molecular formula is C14H22BrNO2. The molecule has 0 radical (unpaired) electrons. The van der Waals surface area contributed by atoms with Crippen molar-refractivity contribution in [3.63, 3.8) is 0 Å². The maximum absolute atomic E-state index is 9.89. The highest BCUT2D eigenvalue weighted by atomic mass is 79.9. The van der Waals surface area contributed by atoms with E-state index in [1.54, 1.807) is 6.07 Å². The molecule has 0 bridgehead atoms. The maximum Gasteiger partial charge on any atom is 0.120 e. The lowest BCUT2D eigenvalue weighted by molar-refractivity contribution is 0.0570. The van der Waals surface area contributed by atoms with E-state index in [4.69, 9.17) is 4.74 Å². The summed E-state index contributed by atoms with van der Waals surface area (Å²) in [5.74, 6) is 0.335. The average Bonchev–Trinajstić information content (AvgIpc) is 2.30. The molecule has 1 atom stereocenters. The summed E-state index contributed by atoms with van der Waals surface area (Å²) >= 11 is 3.43. The molecule has 1 rings (SSSR count). The molecule has 0 fully saturated rings. The van der Waals surface area contributed by atoms with Gasteiger partial charge in [0, 0.05) is 22.6 Å². The van der Waals surface area contributed by atoms with Crippen molar-refractivity contribution in [2.75, 3.05) is 20.2 Å². The van der Waals surface area contributed by atoms with Crippen LogP contribution in [0.15, 0.2) is 22.7 Å². The lowest BCUT2D eigenvalue weighted by Crippen LogP contribution is -2.27. The van der Waals surface area contributed by atoms with Gasteiger partial charge in [0.05, 0.1) is 12.7 Å². The smallest absolute Gasteiger partial charge is 0.120 e. The number of benzene rings is 1. The molecule has 0 amide bonds. The number of ether oxygens (including phenoxy) is 1. The Hall–Kier alpha value is -0.580. The highest BCUT2D eigenvalue weighted by molar-refractivity contribution is 9.10. The summed E-state index contributed by atoms with van der Waals surface area (Å²) in [4.78, 5) is 2.17. The van der Waals surface area contributed by atoms with Gasteiger partial charge in [-0.1, -0.05) is 15.9 Å². The Kier molecular flexibility index (Phi) is 6.12. The number of nitrogens with zero attached hydrogens (tertiary/aromatic N) is 1. The second-order valence-electron chi connectivity index (χ2n) is 4.78. The van der Waals surface area contributed by atoms with Crippen LogP contribution < -0.4 is 0 Å². The number of hydrogen-bond acceptors (Lipinski definition) is 3. The van der Waals surface area contributed by atoms with Crippen molar-refractivity contribution >= 4 is 15.9 Å². The first-order valence-corrected chi connectivity index (χ1v) is 7.01. The van der Waals surface area contributed by atoms with Crippen LogP contribution >= 0.6 is 15.9 Å². The van der Waals surface area contributed by atoms with Crippen molar-refractivity contribution in [2.45, 2.75) is 32.9 Å². The fraction of sp³-hybridized carbons (Fsp3) is 0.571. The number of aromatic hydroxyl groups is 1. The predicted octanol–water partition coefficient (Wildman–Crippen LogP) is 3.57. The maximum atomic E-state index is 9.89. The molecule has 102 valence electrons. The number of rotatable bonds is 6. The highest BCUT2D eigenvalue weighted by Gasteiger charge is 2.15. The highest BCUT2D eigenvalue weighted by Crippen LogP contribution is 2.30. The van der Waals surface area contributed by atoms with Gasteiger partial charge in [-0.2, -0.15) is 0 Å². The van der Waals surface area contributed by atoms with Gasteiger partial charge in [0.1, 0.15) is 5.75 Å². The molecular weight excluding hydrogens is 294 g/mol. The number of hydrogen-bond donors (Lipinski definition) is 1. The topological polar surface area (TPSA) is 32.7 Å². The first-order chi connectivity index (χ1) is 8.41. The van der Waals surface area contributed by atoms with Crippen LogP contribution in [0.5, 0.6) is 5.75 Å². The summed E-state index contributed by atoms with van der Waals surface area (Å²) in [6, 6.07) is 5.67. The molecule has 0 aliphatic carbocycles. The Morgan fingerprint density at radius 2 is 2.00 bits per heavy atom. The van der Waals surface area contributed by atoms with Crippen molar-refractivity contribution in [3.05, 3.63) is 28.2 Å². The van der Waals surface area contributed by atoms with Crippen molar-refractivity contribution < 1.29 is 9.84 Å².